The van der Waals surface area contributed by atoms with Crippen LogP contribution in [0.2, 0.25) is 0 Å². The van der Waals surface area contributed by atoms with Gasteiger partial charge < -0.3 is 15.8 Å². The van der Waals surface area contributed by atoms with Gasteiger partial charge in [0.1, 0.15) is 5.82 Å². The van der Waals surface area contributed by atoms with E-state index < -0.39 is 0 Å². The van der Waals surface area contributed by atoms with Crippen LogP contribution in [0.15, 0.2) is 90.1 Å². The van der Waals surface area contributed by atoms with E-state index >= 15 is 0 Å². The van der Waals surface area contributed by atoms with Crippen LogP contribution in [0.5, 0.6) is 5.88 Å². The molecule has 1 atom stereocenters. The van der Waals surface area contributed by atoms with E-state index in [0.717, 1.165) is 43.3 Å². The normalized spacial score (nSPS) is 11.9. The third-order valence-corrected chi connectivity index (χ3v) is 7.78. The van der Waals surface area contributed by atoms with Crippen molar-refractivity contribution in [2.45, 2.75) is 19.9 Å². The van der Waals surface area contributed by atoms with Crippen molar-refractivity contribution in [3.63, 3.8) is 0 Å². The Kier molecular flexibility index (Phi) is 6.90. The molecule has 0 fully saturated rings. The molecule has 0 radical (unpaired) electrons. The summed E-state index contributed by atoms with van der Waals surface area (Å²) < 4.78 is 7.10. The lowest BCUT2D eigenvalue weighted by molar-refractivity contribution is 0.398. The minimum Gasteiger partial charge on any atom is -0.481 e. The maximum atomic E-state index is 14.4. The highest BCUT2D eigenvalue weighted by atomic mass is 32.1. The van der Waals surface area contributed by atoms with Gasteiger partial charge in [0.15, 0.2) is 0 Å². The van der Waals surface area contributed by atoms with E-state index in [1.807, 2.05) is 80.6 Å². The van der Waals surface area contributed by atoms with Crippen LogP contribution in [0.4, 0.5) is 11.8 Å². The molecule has 4 aromatic heterocycles. The number of ether oxygens (including phenoxy) is 1. The number of anilines is 2. The molecule has 6 rings (SSSR count). The molecule has 0 aliphatic heterocycles. The van der Waals surface area contributed by atoms with Gasteiger partial charge in [-0.1, -0.05) is 36.4 Å². The molecule has 9 nitrogen and oxygen atoms in total. The van der Waals surface area contributed by atoms with Gasteiger partial charge in [0.05, 0.1) is 34.0 Å². The van der Waals surface area contributed by atoms with Gasteiger partial charge in [-0.15, -0.1) is 11.3 Å². The second-order valence-electron chi connectivity index (χ2n) is 9.50. The molecule has 0 aliphatic carbocycles. The summed E-state index contributed by atoms with van der Waals surface area (Å²) in [5, 5.41) is 5.86. The first-order valence-corrected chi connectivity index (χ1v) is 13.8. The second-order valence-corrected chi connectivity index (χ2v) is 10.7. The highest BCUT2D eigenvalue weighted by Crippen LogP contribution is 2.34. The number of benzene rings is 2. The zero-order valence-electron chi connectivity index (χ0n) is 22.7. The molecule has 0 bridgehead atoms. The van der Waals surface area contributed by atoms with Gasteiger partial charge in [-0.25, -0.2) is 15.0 Å². The Bertz CT molecular complexity index is 1940. The van der Waals surface area contributed by atoms with Crippen LogP contribution in [0, 0.1) is 6.92 Å². The summed E-state index contributed by atoms with van der Waals surface area (Å²) in [5.41, 5.74) is 9.82. The molecule has 2 aromatic carbocycles. The number of nitrogen functional groups attached to an aromatic ring is 1. The Morgan fingerprint density at radius 1 is 0.976 bits per heavy atom. The Morgan fingerprint density at radius 2 is 1.80 bits per heavy atom. The summed E-state index contributed by atoms with van der Waals surface area (Å²) >= 11 is 1.55. The first kappa shape index (κ1) is 26.1. The lowest BCUT2D eigenvalue weighted by Gasteiger charge is -2.23. The zero-order chi connectivity index (χ0) is 28.5. The fraction of sp³-hybridized carbons (Fsp3) is 0.129. The van der Waals surface area contributed by atoms with Crippen LogP contribution < -0.4 is 21.3 Å². The lowest BCUT2D eigenvalue weighted by atomic mass is 9.98. The number of nitrogens with zero attached hydrogens (tertiary/aromatic N) is 5. The van der Waals surface area contributed by atoms with Crippen molar-refractivity contribution in [3.05, 3.63) is 106 Å². The number of aromatic nitrogens is 5. The minimum atomic E-state index is -0.334. The van der Waals surface area contributed by atoms with Crippen molar-refractivity contribution in [3.8, 4) is 33.1 Å². The zero-order valence-corrected chi connectivity index (χ0v) is 23.5. The van der Waals surface area contributed by atoms with Crippen molar-refractivity contribution >= 4 is 33.9 Å². The molecule has 204 valence electrons. The summed E-state index contributed by atoms with van der Waals surface area (Å²) in [4.78, 5) is 32.7. The number of methoxy groups -OCH3 is 1. The molecule has 0 saturated carbocycles. The third-order valence-electron chi connectivity index (χ3n) is 6.84. The quantitative estimate of drug-likeness (QED) is 0.242. The molecule has 0 aliphatic rings. The maximum absolute atomic E-state index is 14.4. The maximum Gasteiger partial charge on any atom is 0.263 e. The van der Waals surface area contributed by atoms with Crippen molar-refractivity contribution in [1.82, 2.24) is 24.5 Å². The molecule has 6 aromatic rings. The SMILES string of the molecule is COc1cc(-c2cccc3cc([C@H](C)Nc4nc(N)ncc4-c4cnc(C)s4)n(-c4ccccc4)c(=O)c23)ccn1. The van der Waals surface area contributed by atoms with E-state index in [0.29, 0.717) is 17.1 Å². The fourth-order valence-corrected chi connectivity index (χ4v) is 5.71. The van der Waals surface area contributed by atoms with Crippen LogP contribution in [0.25, 0.3) is 38.0 Å². The molecular formula is C31H27N7O2S. The van der Waals surface area contributed by atoms with E-state index in [9.17, 15) is 4.79 Å². The van der Waals surface area contributed by atoms with Gasteiger partial charge in [0, 0.05) is 36.0 Å². The number of pyridine rings is 2. The summed E-state index contributed by atoms with van der Waals surface area (Å²) in [6.45, 7) is 3.95. The molecule has 0 unspecified atom stereocenters. The highest BCUT2D eigenvalue weighted by molar-refractivity contribution is 7.15. The van der Waals surface area contributed by atoms with Gasteiger partial charge in [-0.2, -0.15) is 4.98 Å². The number of rotatable bonds is 7. The molecule has 0 amide bonds. The summed E-state index contributed by atoms with van der Waals surface area (Å²) in [6.07, 6.45) is 5.18. The first-order chi connectivity index (χ1) is 19.9. The number of hydrogen-bond acceptors (Lipinski definition) is 9. The van der Waals surface area contributed by atoms with Gasteiger partial charge >= 0.3 is 0 Å². The topological polar surface area (TPSA) is 121 Å². The number of aryl methyl sites for hydroxylation is 1. The standard InChI is InChI=1S/C31H27N7O2S/c1-18(36-29-24(16-35-31(32)37-29)26-17-34-19(2)41-26)25-14-21-8-7-11-23(20-12-13-33-27(15-20)40-3)28(21)30(39)38(25)22-9-5-4-6-10-22/h4-18H,1-3H3,(H3,32,35,36,37)/t18-/m0/s1. The van der Waals surface area contributed by atoms with Crippen molar-refractivity contribution < 1.29 is 4.74 Å². The second kappa shape index (κ2) is 10.8. The van der Waals surface area contributed by atoms with Crippen LogP contribution >= 0.6 is 11.3 Å². The van der Waals surface area contributed by atoms with Crippen LogP contribution in [0.3, 0.4) is 0 Å². The van der Waals surface area contributed by atoms with Gasteiger partial charge in [0.25, 0.3) is 5.56 Å². The average Bonchev–Trinajstić information content (AvgIpc) is 3.43. The average molecular weight is 562 g/mol. The monoisotopic (exact) mass is 561 g/mol. The van der Waals surface area contributed by atoms with E-state index in [-0.39, 0.29) is 17.5 Å². The molecule has 10 heteroatoms. The number of nitrogens with two attached hydrogens (primary N) is 1. The van der Waals surface area contributed by atoms with Crippen LogP contribution in [-0.4, -0.2) is 31.6 Å². The Hall–Kier alpha value is -5.09. The number of thiazole rings is 1. The van der Waals surface area contributed by atoms with E-state index in [1.54, 1.807) is 41.6 Å². The smallest absolute Gasteiger partial charge is 0.263 e. The number of para-hydroxylation sites is 1. The minimum absolute atomic E-state index is 0.135. The molecule has 0 spiro atoms. The Balaban J connectivity index is 1.54. The predicted octanol–water partition coefficient (Wildman–Crippen LogP) is 6.04. The Morgan fingerprint density at radius 3 is 2.56 bits per heavy atom. The fourth-order valence-electron chi connectivity index (χ4n) is 4.92. The third kappa shape index (κ3) is 5.01. The first-order valence-electron chi connectivity index (χ1n) is 13.0. The molecule has 41 heavy (non-hydrogen) atoms. The number of hydrogen-bond donors (Lipinski definition) is 2. The molecule has 4 heterocycles. The largest absolute Gasteiger partial charge is 0.481 e. The van der Waals surface area contributed by atoms with Crippen molar-refractivity contribution in [1.29, 1.82) is 0 Å². The van der Waals surface area contributed by atoms with Crippen molar-refractivity contribution in [2.24, 2.45) is 0 Å². The van der Waals surface area contributed by atoms with Gasteiger partial charge in [-0.3, -0.25) is 9.36 Å². The lowest BCUT2D eigenvalue weighted by Crippen LogP contribution is -2.26. The van der Waals surface area contributed by atoms with E-state index in [1.165, 1.54) is 0 Å². The Labute approximate surface area is 240 Å². The van der Waals surface area contributed by atoms with E-state index in [4.69, 9.17) is 10.5 Å². The predicted molar refractivity (Wildman–Crippen MR) is 164 cm³/mol. The van der Waals surface area contributed by atoms with Crippen molar-refractivity contribution in [2.75, 3.05) is 18.2 Å². The van der Waals surface area contributed by atoms with Gasteiger partial charge in [-0.05, 0) is 54.6 Å². The number of fused-ring (bicyclic) bond motifs is 1. The molecular weight excluding hydrogens is 534 g/mol. The molecule has 0 saturated heterocycles. The summed E-state index contributed by atoms with van der Waals surface area (Å²) in [7, 11) is 1.57. The summed E-state index contributed by atoms with van der Waals surface area (Å²) in [5.74, 6) is 1.20. The van der Waals surface area contributed by atoms with Gasteiger partial charge in [0.2, 0.25) is 11.8 Å². The van der Waals surface area contributed by atoms with E-state index in [2.05, 4.69) is 25.3 Å². The highest BCUT2D eigenvalue weighted by Gasteiger charge is 2.21. The molecule has 3 N–H and O–H groups in total. The van der Waals surface area contributed by atoms with Crippen LogP contribution in [-0.2, 0) is 0 Å². The van der Waals surface area contributed by atoms with Crippen LogP contribution in [0.1, 0.15) is 23.7 Å². The summed E-state index contributed by atoms with van der Waals surface area (Å²) in [6, 6.07) is 20.9. The number of nitrogens with one attached hydrogen (secondary N) is 1.